The summed E-state index contributed by atoms with van der Waals surface area (Å²) in [5.74, 6) is 1.31. The maximum atomic E-state index is 12.1. The van der Waals surface area contributed by atoms with Gasteiger partial charge in [0.05, 0.1) is 0 Å². The molecule has 0 aliphatic heterocycles. The van der Waals surface area contributed by atoms with Crippen LogP contribution in [0.1, 0.15) is 54.9 Å². The molecule has 2 atom stereocenters. The second kappa shape index (κ2) is 6.51. The average Bonchev–Trinajstić information content (AvgIpc) is 2.90. The molecule has 1 aromatic rings. The van der Waals surface area contributed by atoms with E-state index in [1.807, 2.05) is 18.2 Å². The molecule has 0 aromatic heterocycles. The minimum absolute atomic E-state index is 0.0217. The van der Waals surface area contributed by atoms with Crippen LogP contribution in [0.5, 0.6) is 5.75 Å². The van der Waals surface area contributed by atoms with Gasteiger partial charge < -0.3 is 10.1 Å². The number of nitrogens with one attached hydrogen (secondary N) is 1. The van der Waals surface area contributed by atoms with Crippen molar-refractivity contribution in [1.29, 1.82) is 0 Å². The van der Waals surface area contributed by atoms with Crippen LogP contribution in [-0.2, 0) is 11.2 Å². The summed E-state index contributed by atoms with van der Waals surface area (Å²) in [5, 5.41) is 3.08. The fourth-order valence-corrected chi connectivity index (χ4v) is 3.52. The van der Waals surface area contributed by atoms with Gasteiger partial charge in [0, 0.05) is 23.6 Å². The first-order valence-electron chi connectivity index (χ1n) is 8.22. The zero-order chi connectivity index (χ0) is 15.5. The van der Waals surface area contributed by atoms with Gasteiger partial charge in [-0.2, -0.15) is 0 Å². The minimum Gasteiger partial charge on any atom is -0.483 e. The Morgan fingerprint density at radius 2 is 2.09 bits per heavy atom. The van der Waals surface area contributed by atoms with Crippen LogP contribution < -0.4 is 10.1 Å². The van der Waals surface area contributed by atoms with E-state index in [1.165, 1.54) is 19.3 Å². The van der Waals surface area contributed by atoms with Gasteiger partial charge in [-0.1, -0.05) is 31.9 Å². The third-order valence-corrected chi connectivity index (χ3v) is 4.85. The van der Waals surface area contributed by atoms with Crippen molar-refractivity contribution in [1.82, 2.24) is 5.32 Å². The van der Waals surface area contributed by atoms with Crippen molar-refractivity contribution < 1.29 is 14.3 Å². The van der Waals surface area contributed by atoms with Gasteiger partial charge in [-0.3, -0.25) is 9.59 Å². The highest BCUT2D eigenvalue weighted by Gasteiger charge is 2.24. The molecule has 4 heteroatoms. The normalized spacial score (nSPS) is 24.0. The van der Waals surface area contributed by atoms with Crippen LogP contribution in [0.2, 0.25) is 0 Å². The average molecular weight is 301 g/mol. The summed E-state index contributed by atoms with van der Waals surface area (Å²) in [4.78, 5) is 23.8. The largest absolute Gasteiger partial charge is 0.483 e. The molecule has 1 N–H and O–H groups in total. The van der Waals surface area contributed by atoms with Crippen molar-refractivity contribution in [2.24, 2.45) is 5.92 Å². The van der Waals surface area contributed by atoms with Crippen LogP contribution in [0.15, 0.2) is 18.2 Å². The number of carbonyl (C=O) groups excluding carboxylic acids is 2. The standard InChI is InChI=1S/C18H23NO3/c1-12-5-2-3-7-15(12)19-18(21)11-22-17-8-4-6-13-14(17)9-10-16(13)20/h4,6,8,12,15H,2-3,5,7,9-11H2,1H3,(H,19,21). The second-order valence-electron chi connectivity index (χ2n) is 6.43. The van der Waals surface area contributed by atoms with Crippen molar-refractivity contribution in [3.05, 3.63) is 29.3 Å². The molecule has 2 aliphatic rings. The lowest BCUT2D eigenvalue weighted by molar-refractivity contribution is -0.124. The lowest BCUT2D eigenvalue weighted by Gasteiger charge is -2.29. The van der Waals surface area contributed by atoms with Crippen LogP contribution in [0.4, 0.5) is 0 Å². The summed E-state index contributed by atoms with van der Waals surface area (Å²) in [6.45, 7) is 2.22. The van der Waals surface area contributed by atoms with E-state index in [0.29, 0.717) is 24.5 Å². The molecule has 0 radical (unpaired) electrons. The summed E-state index contributed by atoms with van der Waals surface area (Å²) in [7, 11) is 0. The Labute approximate surface area is 131 Å². The summed E-state index contributed by atoms with van der Waals surface area (Å²) in [6.07, 6.45) is 5.94. The highest BCUT2D eigenvalue weighted by atomic mass is 16.5. The maximum absolute atomic E-state index is 12.1. The lowest BCUT2D eigenvalue weighted by Crippen LogP contribution is -2.43. The summed E-state index contributed by atoms with van der Waals surface area (Å²) in [6, 6.07) is 5.77. The molecule has 0 saturated heterocycles. The van der Waals surface area contributed by atoms with Crippen molar-refractivity contribution >= 4 is 11.7 Å². The van der Waals surface area contributed by atoms with Crippen molar-refractivity contribution in [2.75, 3.05) is 6.61 Å². The number of carbonyl (C=O) groups is 2. The van der Waals surface area contributed by atoms with Gasteiger partial charge in [-0.05, 0) is 31.2 Å². The van der Waals surface area contributed by atoms with Gasteiger partial charge >= 0.3 is 0 Å². The first kappa shape index (κ1) is 15.1. The Balaban J connectivity index is 1.57. The highest BCUT2D eigenvalue weighted by Crippen LogP contribution is 2.30. The number of ketones is 1. The van der Waals surface area contributed by atoms with Gasteiger partial charge in [-0.25, -0.2) is 0 Å². The third kappa shape index (κ3) is 3.16. The highest BCUT2D eigenvalue weighted by molar-refractivity contribution is 6.01. The van der Waals surface area contributed by atoms with E-state index in [0.717, 1.165) is 17.5 Å². The summed E-state index contributed by atoms with van der Waals surface area (Å²) >= 11 is 0. The van der Waals surface area contributed by atoms with Crippen LogP contribution in [0.3, 0.4) is 0 Å². The Bertz CT molecular complexity index is 582. The Kier molecular flexibility index (Phi) is 4.46. The SMILES string of the molecule is CC1CCCCC1NC(=O)COc1cccc2c1CCC2=O. The Morgan fingerprint density at radius 3 is 2.91 bits per heavy atom. The Hall–Kier alpha value is -1.84. The molecular formula is C18H23NO3. The van der Waals surface area contributed by atoms with E-state index in [4.69, 9.17) is 4.74 Å². The van der Waals surface area contributed by atoms with E-state index in [2.05, 4.69) is 12.2 Å². The smallest absolute Gasteiger partial charge is 0.258 e. The predicted octanol–water partition coefficient (Wildman–Crippen LogP) is 2.89. The van der Waals surface area contributed by atoms with Crippen molar-refractivity contribution in [2.45, 2.75) is 51.5 Å². The maximum Gasteiger partial charge on any atom is 0.258 e. The molecule has 1 aromatic carbocycles. The van der Waals surface area contributed by atoms with E-state index in [9.17, 15) is 9.59 Å². The van der Waals surface area contributed by atoms with Crippen molar-refractivity contribution in [3.63, 3.8) is 0 Å². The number of amides is 1. The second-order valence-corrected chi connectivity index (χ2v) is 6.43. The molecule has 1 fully saturated rings. The third-order valence-electron chi connectivity index (χ3n) is 4.85. The van der Waals surface area contributed by atoms with Gasteiger partial charge in [-0.15, -0.1) is 0 Å². The number of rotatable bonds is 4. The predicted molar refractivity (Wildman–Crippen MR) is 84.2 cm³/mol. The van der Waals surface area contributed by atoms with Crippen LogP contribution in [0, 0.1) is 5.92 Å². The van der Waals surface area contributed by atoms with E-state index >= 15 is 0 Å². The lowest BCUT2D eigenvalue weighted by atomic mass is 9.86. The van der Waals surface area contributed by atoms with E-state index in [1.54, 1.807) is 0 Å². The van der Waals surface area contributed by atoms with Crippen LogP contribution in [0.25, 0.3) is 0 Å². The van der Waals surface area contributed by atoms with E-state index < -0.39 is 0 Å². The van der Waals surface area contributed by atoms with Crippen molar-refractivity contribution in [3.8, 4) is 5.75 Å². The number of benzene rings is 1. The molecule has 118 valence electrons. The molecule has 0 heterocycles. The number of hydrogen-bond acceptors (Lipinski definition) is 3. The fourth-order valence-electron chi connectivity index (χ4n) is 3.52. The molecule has 4 nitrogen and oxygen atoms in total. The van der Waals surface area contributed by atoms with Gasteiger partial charge in [0.2, 0.25) is 0 Å². The topological polar surface area (TPSA) is 55.4 Å². The minimum atomic E-state index is -0.0688. The fraction of sp³-hybridized carbons (Fsp3) is 0.556. The molecule has 0 bridgehead atoms. The van der Waals surface area contributed by atoms with Crippen LogP contribution >= 0.6 is 0 Å². The first-order valence-corrected chi connectivity index (χ1v) is 8.22. The molecule has 22 heavy (non-hydrogen) atoms. The summed E-state index contributed by atoms with van der Waals surface area (Å²) in [5.41, 5.74) is 1.70. The van der Waals surface area contributed by atoms with Gasteiger partial charge in [0.15, 0.2) is 12.4 Å². The van der Waals surface area contributed by atoms with E-state index in [-0.39, 0.29) is 24.3 Å². The number of hydrogen-bond donors (Lipinski definition) is 1. The molecule has 1 saturated carbocycles. The zero-order valence-electron chi connectivity index (χ0n) is 13.1. The first-order chi connectivity index (χ1) is 10.6. The Morgan fingerprint density at radius 1 is 1.27 bits per heavy atom. The number of fused-ring (bicyclic) bond motifs is 1. The molecule has 2 unspecified atom stereocenters. The molecule has 2 aliphatic carbocycles. The summed E-state index contributed by atoms with van der Waals surface area (Å²) < 4.78 is 5.67. The van der Waals surface area contributed by atoms with Gasteiger partial charge in [0.25, 0.3) is 5.91 Å². The molecule has 1 amide bonds. The monoisotopic (exact) mass is 301 g/mol. The molecule has 0 spiro atoms. The molecule has 3 rings (SSSR count). The van der Waals surface area contributed by atoms with Crippen LogP contribution in [-0.4, -0.2) is 24.3 Å². The number of Topliss-reactive ketones (excluding diaryl/α,β-unsaturated/α-hetero) is 1. The molecular weight excluding hydrogens is 278 g/mol. The van der Waals surface area contributed by atoms with Gasteiger partial charge in [0.1, 0.15) is 5.75 Å². The quantitative estimate of drug-likeness (QED) is 0.930. The number of ether oxygens (including phenoxy) is 1. The zero-order valence-corrected chi connectivity index (χ0v) is 13.1.